The van der Waals surface area contributed by atoms with Crippen LogP contribution >= 0.6 is 0 Å². The number of nitrogens with zero attached hydrogens (tertiary/aromatic N) is 1. The molecule has 2 nitrogen and oxygen atoms in total. The molecule has 2 aliphatic rings. The summed E-state index contributed by atoms with van der Waals surface area (Å²) in [5, 5.41) is 3.59. The van der Waals surface area contributed by atoms with Gasteiger partial charge >= 0.3 is 0 Å². The molecule has 1 aromatic carbocycles. The van der Waals surface area contributed by atoms with E-state index in [9.17, 15) is 0 Å². The molecule has 0 aromatic heterocycles. The average molecular weight is 272 g/mol. The Kier molecular flexibility index (Phi) is 4.30. The maximum Gasteiger partial charge on any atom is 0.0399 e. The topological polar surface area (TPSA) is 15.3 Å². The zero-order valence-electron chi connectivity index (χ0n) is 13.0. The maximum atomic E-state index is 3.59. The molecule has 110 valence electrons. The molecule has 1 aromatic rings. The number of anilines is 1. The summed E-state index contributed by atoms with van der Waals surface area (Å²) >= 11 is 0. The second kappa shape index (κ2) is 6.17. The number of nitrogens with one attached hydrogen (secondary N) is 1. The first-order valence-corrected chi connectivity index (χ1v) is 8.39. The van der Waals surface area contributed by atoms with Crippen molar-refractivity contribution in [3.8, 4) is 0 Å². The molecular weight excluding hydrogens is 244 g/mol. The van der Waals surface area contributed by atoms with E-state index in [4.69, 9.17) is 0 Å². The smallest absolute Gasteiger partial charge is 0.0399 e. The Bertz CT molecular complexity index is 451. The molecule has 1 N–H and O–H groups in total. The van der Waals surface area contributed by atoms with Crippen LogP contribution in [-0.4, -0.2) is 19.6 Å². The molecule has 1 saturated carbocycles. The van der Waals surface area contributed by atoms with E-state index in [0.717, 1.165) is 12.5 Å². The Morgan fingerprint density at radius 1 is 1.35 bits per heavy atom. The lowest BCUT2D eigenvalue weighted by atomic mass is 9.85. The van der Waals surface area contributed by atoms with Crippen LogP contribution in [0.15, 0.2) is 18.2 Å². The predicted molar refractivity (Wildman–Crippen MR) is 86.4 cm³/mol. The summed E-state index contributed by atoms with van der Waals surface area (Å²) in [4.78, 5) is 2.62. The van der Waals surface area contributed by atoms with Crippen LogP contribution in [0.25, 0.3) is 0 Å². The molecule has 2 heteroatoms. The van der Waals surface area contributed by atoms with Crippen LogP contribution in [0.1, 0.15) is 56.7 Å². The van der Waals surface area contributed by atoms with Crippen molar-refractivity contribution in [1.82, 2.24) is 5.32 Å². The SMILES string of the molecule is CCCNC(C)c1ccc2c(c1)CCN2CC1CCC1. The fourth-order valence-electron chi connectivity index (χ4n) is 3.41. The van der Waals surface area contributed by atoms with Crippen LogP contribution < -0.4 is 10.2 Å². The molecule has 20 heavy (non-hydrogen) atoms. The summed E-state index contributed by atoms with van der Waals surface area (Å²) in [5.74, 6) is 0.964. The molecule has 1 unspecified atom stereocenters. The molecule has 1 fully saturated rings. The predicted octanol–water partition coefficient (Wildman–Crippen LogP) is 3.91. The highest BCUT2D eigenvalue weighted by Gasteiger charge is 2.25. The van der Waals surface area contributed by atoms with Crippen molar-refractivity contribution >= 4 is 5.69 Å². The summed E-state index contributed by atoms with van der Waals surface area (Å²) in [7, 11) is 0. The molecular formula is C18H28N2. The highest BCUT2D eigenvalue weighted by atomic mass is 15.1. The van der Waals surface area contributed by atoms with Gasteiger partial charge in [-0.1, -0.05) is 25.5 Å². The Labute approximate surface area is 123 Å². The van der Waals surface area contributed by atoms with Crippen LogP contribution in [0.5, 0.6) is 0 Å². The van der Waals surface area contributed by atoms with Gasteiger partial charge in [-0.05, 0) is 62.3 Å². The third kappa shape index (κ3) is 2.85. The first-order chi connectivity index (χ1) is 9.78. The zero-order chi connectivity index (χ0) is 13.9. The van der Waals surface area contributed by atoms with Crippen LogP contribution in [0.2, 0.25) is 0 Å². The molecule has 0 spiro atoms. The van der Waals surface area contributed by atoms with Gasteiger partial charge in [0.15, 0.2) is 0 Å². The molecule has 1 atom stereocenters. The zero-order valence-corrected chi connectivity index (χ0v) is 13.0. The molecule has 3 rings (SSSR count). The van der Waals surface area contributed by atoms with Gasteiger partial charge in [-0.25, -0.2) is 0 Å². The first kappa shape index (κ1) is 13.9. The number of benzene rings is 1. The maximum absolute atomic E-state index is 3.59. The van der Waals surface area contributed by atoms with E-state index >= 15 is 0 Å². The number of fused-ring (bicyclic) bond motifs is 1. The standard InChI is InChI=1S/C18H28N2/c1-3-10-19-14(2)16-7-8-18-17(12-16)9-11-20(18)13-15-5-4-6-15/h7-8,12,14-15,19H,3-6,9-11,13H2,1-2H3. The lowest BCUT2D eigenvalue weighted by molar-refractivity contribution is 0.319. The Morgan fingerprint density at radius 3 is 2.90 bits per heavy atom. The average Bonchev–Trinajstić information content (AvgIpc) is 2.82. The molecule has 1 heterocycles. The molecule has 0 amide bonds. The second-order valence-electron chi connectivity index (χ2n) is 6.56. The molecule has 1 aliphatic heterocycles. The van der Waals surface area contributed by atoms with Crippen molar-refractivity contribution < 1.29 is 0 Å². The number of hydrogen-bond donors (Lipinski definition) is 1. The third-order valence-electron chi connectivity index (χ3n) is 5.00. The van der Waals surface area contributed by atoms with Crippen molar-refractivity contribution in [1.29, 1.82) is 0 Å². The number of hydrogen-bond acceptors (Lipinski definition) is 2. The quantitative estimate of drug-likeness (QED) is 0.844. The summed E-state index contributed by atoms with van der Waals surface area (Å²) < 4.78 is 0. The fourth-order valence-corrected chi connectivity index (χ4v) is 3.41. The molecule has 0 radical (unpaired) electrons. The fraction of sp³-hybridized carbons (Fsp3) is 0.667. The minimum Gasteiger partial charge on any atom is -0.371 e. The van der Waals surface area contributed by atoms with Gasteiger partial charge < -0.3 is 10.2 Å². The summed E-state index contributed by atoms with van der Waals surface area (Å²) in [6.07, 6.45) is 6.77. The van der Waals surface area contributed by atoms with E-state index in [1.165, 1.54) is 56.4 Å². The highest BCUT2D eigenvalue weighted by molar-refractivity contribution is 5.59. The minimum atomic E-state index is 0.473. The van der Waals surface area contributed by atoms with E-state index < -0.39 is 0 Å². The Morgan fingerprint density at radius 2 is 2.20 bits per heavy atom. The van der Waals surface area contributed by atoms with Crippen molar-refractivity contribution in [2.24, 2.45) is 5.92 Å². The molecule has 1 aliphatic carbocycles. The monoisotopic (exact) mass is 272 g/mol. The van der Waals surface area contributed by atoms with Gasteiger partial charge in [-0.3, -0.25) is 0 Å². The number of rotatable bonds is 6. The minimum absolute atomic E-state index is 0.473. The Hall–Kier alpha value is -1.02. The van der Waals surface area contributed by atoms with Gasteiger partial charge in [-0.2, -0.15) is 0 Å². The third-order valence-corrected chi connectivity index (χ3v) is 5.00. The lowest BCUT2D eigenvalue weighted by Gasteiger charge is -2.31. The van der Waals surface area contributed by atoms with E-state index in [1.54, 1.807) is 5.56 Å². The van der Waals surface area contributed by atoms with Gasteiger partial charge in [0.25, 0.3) is 0 Å². The van der Waals surface area contributed by atoms with Crippen LogP contribution in [0.3, 0.4) is 0 Å². The van der Waals surface area contributed by atoms with Crippen molar-refractivity contribution in [3.63, 3.8) is 0 Å². The van der Waals surface area contributed by atoms with Gasteiger partial charge in [0.1, 0.15) is 0 Å². The van der Waals surface area contributed by atoms with Gasteiger partial charge in [0.05, 0.1) is 0 Å². The van der Waals surface area contributed by atoms with Crippen LogP contribution in [0, 0.1) is 5.92 Å². The largest absolute Gasteiger partial charge is 0.371 e. The van der Waals surface area contributed by atoms with E-state index in [0.29, 0.717) is 6.04 Å². The summed E-state index contributed by atoms with van der Waals surface area (Å²) in [6.45, 7) is 8.12. The summed E-state index contributed by atoms with van der Waals surface area (Å²) in [6, 6.07) is 7.59. The molecule has 0 saturated heterocycles. The normalized spacial score (nSPS) is 19.8. The van der Waals surface area contributed by atoms with E-state index in [1.807, 2.05) is 0 Å². The van der Waals surface area contributed by atoms with Gasteiger partial charge in [-0.15, -0.1) is 0 Å². The molecule has 0 bridgehead atoms. The second-order valence-corrected chi connectivity index (χ2v) is 6.56. The van der Waals surface area contributed by atoms with E-state index in [2.05, 4.69) is 42.3 Å². The van der Waals surface area contributed by atoms with Crippen LogP contribution in [-0.2, 0) is 6.42 Å². The van der Waals surface area contributed by atoms with Crippen molar-refractivity contribution in [2.75, 3.05) is 24.5 Å². The lowest BCUT2D eigenvalue weighted by Crippen LogP contribution is -2.31. The van der Waals surface area contributed by atoms with Crippen LogP contribution in [0.4, 0.5) is 5.69 Å². The van der Waals surface area contributed by atoms with Crippen molar-refractivity contribution in [2.45, 2.75) is 52.0 Å². The summed E-state index contributed by atoms with van der Waals surface area (Å²) in [5.41, 5.74) is 4.51. The van der Waals surface area contributed by atoms with Gasteiger partial charge in [0, 0.05) is 24.8 Å². The van der Waals surface area contributed by atoms with Crippen molar-refractivity contribution in [3.05, 3.63) is 29.3 Å². The van der Waals surface area contributed by atoms with Gasteiger partial charge in [0.2, 0.25) is 0 Å². The highest BCUT2D eigenvalue weighted by Crippen LogP contribution is 2.34. The van der Waals surface area contributed by atoms with E-state index in [-0.39, 0.29) is 0 Å². The first-order valence-electron chi connectivity index (χ1n) is 8.39. The Balaban J connectivity index is 1.67.